The highest BCUT2D eigenvalue weighted by Gasteiger charge is 2.20. The number of nitrogens with two attached hydrogens (primary N) is 1. The van der Waals surface area contributed by atoms with Gasteiger partial charge in [0.15, 0.2) is 11.5 Å². The van der Waals surface area contributed by atoms with Crippen molar-refractivity contribution in [2.75, 3.05) is 23.9 Å². The van der Waals surface area contributed by atoms with Crippen LogP contribution < -0.4 is 15.8 Å². The molecular formula is C18H19N5O2S. The number of rotatable bonds is 6. The summed E-state index contributed by atoms with van der Waals surface area (Å²) in [6, 6.07) is 14.8. The minimum Gasteiger partial charge on any atom is -0.492 e. The van der Waals surface area contributed by atoms with E-state index in [0.29, 0.717) is 23.7 Å². The number of carbonyl (C=O) groups excluding carboxylic acids is 1. The highest BCUT2D eigenvalue weighted by molar-refractivity contribution is 7.98. The third-order valence-electron chi connectivity index (χ3n) is 3.64. The Morgan fingerprint density at radius 1 is 1.27 bits per heavy atom. The molecular weight excluding hydrogens is 350 g/mol. The second-order valence-corrected chi connectivity index (χ2v) is 6.20. The van der Waals surface area contributed by atoms with Crippen LogP contribution in [-0.2, 0) is 0 Å². The number of benzene rings is 2. The number of thioether (sulfide) groups is 1. The summed E-state index contributed by atoms with van der Waals surface area (Å²) < 4.78 is 6.99. The van der Waals surface area contributed by atoms with Crippen molar-refractivity contribution in [3.8, 4) is 11.4 Å². The SMILES string of the molecule is CCOc1ccccc1-n1nnc(C(=O)Nc2cccc(SC)c2)c1N. The third kappa shape index (κ3) is 3.65. The fourth-order valence-corrected chi connectivity index (χ4v) is 2.89. The summed E-state index contributed by atoms with van der Waals surface area (Å²) in [6.45, 7) is 2.40. The number of aromatic nitrogens is 3. The molecule has 0 unspecified atom stereocenters. The average molecular weight is 369 g/mol. The molecule has 7 nitrogen and oxygen atoms in total. The summed E-state index contributed by atoms with van der Waals surface area (Å²) in [5, 5.41) is 10.8. The van der Waals surface area contributed by atoms with Gasteiger partial charge < -0.3 is 15.8 Å². The van der Waals surface area contributed by atoms with Crippen molar-refractivity contribution in [3.05, 3.63) is 54.2 Å². The van der Waals surface area contributed by atoms with Crippen LogP contribution in [0.25, 0.3) is 5.69 Å². The summed E-state index contributed by atoms with van der Waals surface area (Å²) in [6.07, 6.45) is 1.97. The smallest absolute Gasteiger partial charge is 0.280 e. The molecule has 26 heavy (non-hydrogen) atoms. The molecule has 0 aliphatic heterocycles. The molecule has 2 aromatic carbocycles. The average Bonchev–Trinajstić information content (AvgIpc) is 3.04. The van der Waals surface area contributed by atoms with Crippen molar-refractivity contribution in [2.24, 2.45) is 0 Å². The second kappa shape index (κ2) is 7.92. The fraction of sp³-hybridized carbons (Fsp3) is 0.167. The molecule has 0 aliphatic carbocycles. The topological polar surface area (TPSA) is 95.1 Å². The van der Waals surface area contributed by atoms with Crippen LogP contribution in [0.5, 0.6) is 5.75 Å². The molecule has 0 saturated carbocycles. The maximum absolute atomic E-state index is 12.5. The largest absolute Gasteiger partial charge is 0.492 e. The van der Waals surface area contributed by atoms with Gasteiger partial charge in [-0.2, -0.15) is 4.68 Å². The van der Waals surface area contributed by atoms with Gasteiger partial charge in [-0.15, -0.1) is 16.9 Å². The summed E-state index contributed by atoms with van der Waals surface area (Å²) in [4.78, 5) is 13.6. The van der Waals surface area contributed by atoms with E-state index >= 15 is 0 Å². The number of ether oxygens (including phenoxy) is 1. The third-order valence-corrected chi connectivity index (χ3v) is 4.37. The predicted molar refractivity (Wildman–Crippen MR) is 103 cm³/mol. The van der Waals surface area contributed by atoms with Gasteiger partial charge in [0.25, 0.3) is 5.91 Å². The quantitative estimate of drug-likeness (QED) is 0.648. The number of carbonyl (C=O) groups is 1. The minimum absolute atomic E-state index is 0.0610. The van der Waals surface area contributed by atoms with E-state index < -0.39 is 5.91 Å². The lowest BCUT2D eigenvalue weighted by Crippen LogP contribution is -2.15. The van der Waals surface area contributed by atoms with Crippen molar-refractivity contribution >= 4 is 29.2 Å². The number of hydrogen-bond donors (Lipinski definition) is 2. The molecule has 8 heteroatoms. The molecule has 0 spiro atoms. The van der Waals surface area contributed by atoms with E-state index in [-0.39, 0.29) is 11.5 Å². The Balaban J connectivity index is 1.88. The first-order valence-corrected chi connectivity index (χ1v) is 9.25. The summed E-state index contributed by atoms with van der Waals surface area (Å²) in [5.41, 5.74) is 7.49. The molecule has 1 aromatic heterocycles. The van der Waals surface area contributed by atoms with E-state index in [0.717, 1.165) is 4.90 Å². The Bertz CT molecular complexity index is 925. The Labute approximate surface area is 155 Å². The van der Waals surface area contributed by atoms with Gasteiger partial charge in [-0.25, -0.2) is 0 Å². The monoisotopic (exact) mass is 369 g/mol. The number of amides is 1. The van der Waals surface area contributed by atoms with Gasteiger partial charge in [-0.3, -0.25) is 4.79 Å². The zero-order valence-corrected chi connectivity index (χ0v) is 15.3. The van der Waals surface area contributed by atoms with Crippen LogP contribution in [0.4, 0.5) is 11.5 Å². The van der Waals surface area contributed by atoms with Gasteiger partial charge in [-0.05, 0) is 43.5 Å². The van der Waals surface area contributed by atoms with Crippen molar-refractivity contribution < 1.29 is 9.53 Å². The molecule has 0 bridgehead atoms. The van der Waals surface area contributed by atoms with E-state index in [4.69, 9.17) is 10.5 Å². The molecule has 0 radical (unpaired) electrons. The van der Waals surface area contributed by atoms with Crippen LogP contribution in [0.3, 0.4) is 0 Å². The molecule has 3 rings (SSSR count). The maximum Gasteiger partial charge on any atom is 0.280 e. The van der Waals surface area contributed by atoms with Crippen LogP contribution in [-0.4, -0.2) is 33.8 Å². The van der Waals surface area contributed by atoms with Crippen LogP contribution in [0.15, 0.2) is 53.4 Å². The van der Waals surface area contributed by atoms with Crippen molar-refractivity contribution in [2.45, 2.75) is 11.8 Å². The molecule has 134 valence electrons. The van der Waals surface area contributed by atoms with Gasteiger partial charge in [0.2, 0.25) is 0 Å². The van der Waals surface area contributed by atoms with Gasteiger partial charge >= 0.3 is 0 Å². The number of para-hydroxylation sites is 2. The highest BCUT2D eigenvalue weighted by atomic mass is 32.2. The van der Waals surface area contributed by atoms with Gasteiger partial charge in [0.1, 0.15) is 11.4 Å². The fourth-order valence-electron chi connectivity index (χ4n) is 2.43. The van der Waals surface area contributed by atoms with Crippen LogP contribution in [0.2, 0.25) is 0 Å². The number of anilines is 2. The molecule has 1 heterocycles. The second-order valence-electron chi connectivity index (χ2n) is 5.32. The Morgan fingerprint density at radius 3 is 2.85 bits per heavy atom. The summed E-state index contributed by atoms with van der Waals surface area (Å²) in [5.74, 6) is 0.350. The lowest BCUT2D eigenvalue weighted by atomic mass is 10.3. The minimum atomic E-state index is -0.416. The van der Waals surface area contributed by atoms with E-state index in [1.165, 1.54) is 4.68 Å². The molecule has 1 amide bonds. The first-order valence-electron chi connectivity index (χ1n) is 8.02. The summed E-state index contributed by atoms with van der Waals surface area (Å²) in [7, 11) is 0. The molecule has 0 aliphatic rings. The lowest BCUT2D eigenvalue weighted by molar-refractivity contribution is 0.102. The first-order chi connectivity index (χ1) is 12.6. The predicted octanol–water partition coefficient (Wildman–Crippen LogP) is 3.22. The van der Waals surface area contributed by atoms with Crippen molar-refractivity contribution in [3.63, 3.8) is 0 Å². The Kier molecular flexibility index (Phi) is 5.43. The molecule has 0 atom stereocenters. The van der Waals surface area contributed by atoms with Gasteiger partial charge in [-0.1, -0.05) is 23.4 Å². The molecule has 3 aromatic rings. The van der Waals surface area contributed by atoms with Crippen LogP contribution in [0, 0.1) is 0 Å². The molecule has 0 saturated heterocycles. The molecule has 3 N–H and O–H groups in total. The zero-order chi connectivity index (χ0) is 18.5. The standard InChI is InChI=1S/C18H19N5O2S/c1-3-25-15-10-5-4-9-14(15)23-17(19)16(21-22-23)18(24)20-12-7-6-8-13(11-12)26-2/h4-11H,3,19H2,1-2H3,(H,20,24). The normalized spacial score (nSPS) is 10.5. The van der Waals surface area contributed by atoms with Crippen LogP contribution >= 0.6 is 11.8 Å². The zero-order valence-electron chi connectivity index (χ0n) is 14.5. The Morgan fingerprint density at radius 2 is 2.08 bits per heavy atom. The van der Waals surface area contributed by atoms with E-state index in [2.05, 4.69) is 15.6 Å². The number of nitrogens with zero attached hydrogens (tertiary/aromatic N) is 3. The van der Waals surface area contributed by atoms with E-state index in [1.807, 2.05) is 55.6 Å². The van der Waals surface area contributed by atoms with E-state index in [1.54, 1.807) is 17.8 Å². The van der Waals surface area contributed by atoms with Crippen molar-refractivity contribution in [1.82, 2.24) is 15.0 Å². The highest BCUT2D eigenvalue weighted by Crippen LogP contribution is 2.25. The van der Waals surface area contributed by atoms with Gasteiger partial charge in [0, 0.05) is 10.6 Å². The van der Waals surface area contributed by atoms with Gasteiger partial charge in [0.05, 0.1) is 6.61 Å². The molecule has 0 fully saturated rings. The maximum atomic E-state index is 12.5. The lowest BCUT2D eigenvalue weighted by Gasteiger charge is -2.10. The first kappa shape index (κ1) is 17.8. The number of nitrogens with one attached hydrogen (secondary N) is 1. The number of nitrogen functional groups attached to an aromatic ring is 1. The van der Waals surface area contributed by atoms with Crippen LogP contribution in [0.1, 0.15) is 17.4 Å². The number of hydrogen-bond acceptors (Lipinski definition) is 6. The van der Waals surface area contributed by atoms with Crippen molar-refractivity contribution in [1.29, 1.82) is 0 Å². The van der Waals surface area contributed by atoms with E-state index in [9.17, 15) is 4.79 Å². The summed E-state index contributed by atoms with van der Waals surface area (Å²) >= 11 is 1.59. The Hall–Kier alpha value is -3.00.